The van der Waals surface area contributed by atoms with Crippen LogP contribution in [0.4, 0.5) is 0 Å². The number of nitrogens with two attached hydrogens (primary N) is 1. The van der Waals surface area contributed by atoms with Gasteiger partial charge in [0.05, 0.1) is 6.04 Å². The van der Waals surface area contributed by atoms with Gasteiger partial charge in [0.25, 0.3) is 0 Å². The van der Waals surface area contributed by atoms with Crippen molar-refractivity contribution in [2.45, 2.75) is 25.3 Å². The van der Waals surface area contributed by atoms with Crippen LogP contribution in [0.2, 0.25) is 0 Å². The highest BCUT2D eigenvalue weighted by molar-refractivity contribution is 5.86. The van der Waals surface area contributed by atoms with Crippen LogP contribution < -0.4 is 11.1 Å². The van der Waals surface area contributed by atoms with Crippen LogP contribution in [0.3, 0.4) is 0 Å². The number of carbonyl (C=O) groups excluding carboxylic acids is 1. The van der Waals surface area contributed by atoms with Crippen LogP contribution in [0.25, 0.3) is 10.8 Å². The minimum Gasteiger partial charge on any atom is -0.381 e. The van der Waals surface area contributed by atoms with Gasteiger partial charge >= 0.3 is 0 Å². The van der Waals surface area contributed by atoms with E-state index in [2.05, 4.69) is 35.6 Å². The quantitative estimate of drug-likeness (QED) is 0.890. The van der Waals surface area contributed by atoms with Crippen LogP contribution in [-0.4, -0.2) is 31.7 Å². The normalized spacial score (nSPS) is 17.1. The SMILES string of the molecule is NC(C(=O)NCCc1cccc2ccccc12)C1CCOCC1. The topological polar surface area (TPSA) is 64.4 Å². The first kappa shape index (κ1) is 16.0. The highest BCUT2D eigenvalue weighted by Crippen LogP contribution is 2.19. The molecule has 1 saturated heterocycles. The number of ether oxygens (including phenoxy) is 1. The monoisotopic (exact) mass is 312 g/mol. The molecule has 4 heteroatoms. The molecule has 1 fully saturated rings. The largest absolute Gasteiger partial charge is 0.381 e. The third kappa shape index (κ3) is 3.89. The van der Waals surface area contributed by atoms with Gasteiger partial charge in [-0.15, -0.1) is 0 Å². The van der Waals surface area contributed by atoms with Gasteiger partial charge in [-0.2, -0.15) is 0 Å². The number of carbonyl (C=O) groups is 1. The molecule has 0 saturated carbocycles. The molecule has 1 aliphatic rings. The van der Waals surface area contributed by atoms with Crippen molar-refractivity contribution in [1.29, 1.82) is 0 Å². The minimum absolute atomic E-state index is 0.0443. The van der Waals surface area contributed by atoms with E-state index in [4.69, 9.17) is 10.5 Å². The zero-order valence-corrected chi connectivity index (χ0v) is 13.3. The molecule has 0 radical (unpaired) electrons. The van der Waals surface area contributed by atoms with E-state index in [-0.39, 0.29) is 11.8 Å². The zero-order valence-electron chi connectivity index (χ0n) is 13.3. The summed E-state index contributed by atoms with van der Waals surface area (Å²) in [6.45, 7) is 2.03. The van der Waals surface area contributed by atoms with Crippen molar-refractivity contribution in [1.82, 2.24) is 5.32 Å². The summed E-state index contributed by atoms with van der Waals surface area (Å²) in [4.78, 5) is 12.2. The van der Waals surface area contributed by atoms with E-state index >= 15 is 0 Å². The Morgan fingerprint density at radius 1 is 1.17 bits per heavy atom. The summed E-state index contributed by atoms with van der Waals surface area (Å²) in [7, 11) is 0. The number of hydrogen-bond donors (Lipinski definition) is 2. The Morgan fingerprint density at radius 2 is 1.91 bits per heavy atom. The van der Waals surface area contributed by atoms with Crippen molar-refractivity contribution in [3.05, 3.63) is 48.0 Å². The number of fused-ring (bicyclic) bond motifs is 1. The second kappa shape index (κ2) is 7.57. The summed E-state index contributed by atoms with van der Waals surface area (Å²) in [6.07, 6.45) is 2.56. The van der Waals surface area contributed by atoms with Crippen LogP contribution in [0.5, 0.6) is 0 Å². The van der Waals surface area contributed by atoms with E-state index < -0.39 is 6.04 Å². The fourth-order valence-corrected chi connectivity index (χ4v) is 3.24. The number of nitrogens with one attached hydrogen (secondary N) is 1. The van der Waals surface area contributed by atoms with E-state index in [1.807, 2.05) is 12.1 Å². The van der Waals surface area contributed by atoms with Crippen molar-refractivity contribution in [2.24, 2.45) is 11.7 Å². The molecule has 1 unspecified atom stereocenters. The summed E-state index contributed by atoms with van der Waals surface area (Å²) in [5.74, 6) is 0.193. The van der Waals surface area contributed by atoms with E-state index in [0.717, 1.165) is 19.3 Å². The maximum absolute atomic E-state index is 12.2. The number of amides is 1. The zero-order chi connectivity index (χ0) is 16.1. The summed E-state index contributed by atoms with van der Waals surface area (Å²) >= 11 is 0. The molecule has 3 N–H and O–H groups in total. The molecule has 1 heterocycles. The van der Waals surface area contributed by atoms with E-state index in [1.54, 1.807) is 0 Å². The highest BCUT2D eigenvalue weighted by atomic mass is 16.5. The van der Waals surface area contributed by atoms with Gasteiger partial charge in [0.2, 0.25) is 5.91 Å². The molecule has 2 aromatic carbocycles. The van der Waals surface area contributed by atoms with Crippen LogP contribution in [0.15, 0.2) is 42.5 Å². The van der Waals surface area contributed by atoms with Crippen molar-refractivity contribution in [3.63, 3.8) is 0 Å². The van der Waals surface area contributed by atoms with Gasteiger partial charge in [-0.1, -0.05) is 42.5 Å². The molecule has 1 atom stereocenters. The lowest BCUT2D eigenvalue weighted by Crippen LogP contribution is -2.47. The molecule has 0 spiro atoms. The average molecular weight is 312 g/mol. The second-order valence-corrected chi connectivity index (χ2v) is 6.15. The van der Waals surface area contributed by atoms with E-state index in [1.165, 1.54) is 16.3 Å². The van der Waals surface area contributed by atoms with Crippen molar-refractivity contribution in [3.8, 4) is 0 Å². The number of rotatable bonds is 5. The lowest BCUT2D eigenvalue weighted by Gasteiger charge is -2.26. The third-order valence-electron chi connectivity index (χ3n) is 4.65. The summed E-state index contributed by atoms with van der Waals surface area (Å²) in [6, 6.07) is 14.2. The van der Waals surface area contributed by atoms with Gasteiger partial charge in [0.1, 0.15) is 0 Å². The number of hydrogen-bond acceptors (Lipinski definition) is 3. The maximum atomic E-state index is 12.2. The molecular formula is C19H24N2O2. The molecule has 0 aliphatic carbocycles. The fourth-order valence-electron chi connectivity index (χ4n) is 3.24. The Morgan fingerprint density at radius 3 is 2.74 bits per heavy atom. The van der Waals surface area contributed by atoms with Gasteiger partial charge in [0, 0.05) is 19.8 Å². The summed E-state index contributed by atoms with van der Waals surface area (Å²) < 4.78 is 5.32. The standard InChI is InChI=1S/C19H24N2O2/c20-18(16-9-12-23-13-10-16)19(22)21-11-8-15-6-3-5-14-4-1-2-7-17(14)15/h1-7,16,18H,8-13,20H2,(H,21,22). The smallest absolute Gasteiger partial charge is 0.237 e. The Kier molecular flexibility index (Phi) is 5.26. The van der Waals surface area contributed by atoms with Crippen molar-refractivity contribution < 1.29 is 9.53 Å². The van der Waals surface area contributed by atoms with Gasteiger partial charge in [0.15, 0.2) is 0 Å². The van der Waals surface area contributed by atoms with Crippen LogP contribution in [0, 0.1) is 5.92 Å². The van der Waals surface area contributed by atoms with Crippen LogP contribution in [-0.2, 0) is 16.0 Å². The van der Waals surface area contributed by atoms with Crippen LogP contribution in [0.1, 0.15) is 18.4 Å². The minimum atomic E-state index is -0.425. The molecule has 1 amide bonds. The first-order chi connectivity index (χ1) is 11.3. The highest BCUT2D eigenvalue weighted by Gasteiger charge is 2.26. The summed E-state index contributed by atoms with van der Waals surface area (Å²) in [5, 5.41) is 5.47. The van der Waals surface area contributed by atoms with E-state index in [0.29, 0.717) is 19.8 Å². The molecule has 23 heavy (non-hydrogen) atoms. The van der Waals surface area contributed by atoms with Gasteiger partial charge in [-0.05, 0) is 41.5 Å². The molecule has 1 aliphatic heterocycles. The maximum Gasteiger partial charge on any atom is 0.237 e. The molecule has 4 nitrogen and oxygen atoms in total. The fraction of sp³-hybridized carbons (Fsp3) is 0.421. The predicted molar refractivity (Wildman–Crippen MR) is 92.2 cm³/mol. The molecule has 2 aromatic rings. The van der Waals surface area contributed by atoms with Crippen LogP contribution >= 0.6 is 0 Å². The van der Waals surface area contributed by atoms with E-state index in [9.17, 15) is 4.79 Å². The molecular weight excluding hydrogens is 288 g/mol. The van der Waals surface area contributed by atoms with Crippen molar-refractivity contribution >= 4 is 16.7 Å². The molecule has 0 bridgehead atoms. The van der Waals surface area contributed by atoms with Gasteiger partial charge in [-0.3, -0.25) is 4.79 Å². The predicted octanol–water partition coefficient (Wildman–Crippen LogP) is 2.25. The molecule has 122 valence electrons. The lowest BCUT2D eigenvalue weighted by molar-refractivity contribution is -0.124. The first-order valence-electron chi connectivity index (χ1n) is 8.33. The van der Waals surface area contributed by atoms with Crippen molar-refractivity contribution in [2.75, 3.05) is 19.8 Å². The third-order valence-corrected chi connectivity index (χ3v) is 4.65. The first-order valence-corrected chi connectivity index (χ1v) is 8.33. The Labute approximate surface area is 137 Å². The second-order valence-electron chi connectivity index (χ2n) is 6.15. The van der Waals surface area contributed by atoms with Gasteiger partial charge in [-0.25, -0.2) is 0 Å². The average Bonchev–Trinajstić information content (AvgIpc) is 2.62. The van der Waals surface area contributed by atoms with Gasteiger partial charge < -0.3 is 15.8 Å². The Bertz CT molecular complexity index is 660. The Balaban J connectivity index is 1.55. The lowest BCUT2D eigenvalue weighted by atomic mass is 9.92. The molecule has 3 rings (SSSR count). The summed E-state index contributed by atoms with van der Waals surface area (Å²) in [5.41, 5.74) is 7.35. The molecule has 0 aromatic heterocycles. The Hall–Kier alpha value is -1.91. The number of benzene rings is 2.